The summed E-state index contributed by atoms with van der Waals surface area (Å²) in [6.07, 6.45) is -5.83. The molecule has 1 amide bonds. The third-order valence-electron chi connectivity index (χ3n) is 3.89. The van der Waals surface area contributed by atoms with Crippen molar-refractivity contribution in [3.63, 3.8) is 0 Å². The van der Waals surface area contributed by atoms with Crippen LogP contribution in [0.1, 0.15) is 31.4 Å². The Bertz CT molecular complexity index is 780. The Balaban J connectivity index is 3.01. The standard InChI is InChI=1S/C19H22F3NO7/c1-3-29-15(25)10-13(18(28)30-4-2)16(17(26)27)23-14(24)9-11-6-5-7-12(8-11)19(20,21)22/h5-8,13,16H,3-4,9-10H2,1-2H3,(H,23,24)(H,26,27)/t13-,16+/m0/s1. The topological polar surface area (TPSA) is 119 Å². The molecule has 30 heavy (non-hydrogen) atoms. The number of alkyl halides is 3. The molecule has 0 aliphatic rings. The van der Waals surface area contributed by atoms with E-state index in [-0.39, 0.29) is 18.8 Å². The zero-order valence-electron chi connectivity index (χ0n) is 16.3. The number of carbonyl (C=O) groups excluding carboxylic acids is 3. The normalized spacial score (nSPS) is 13.1. The predicted octanol–water partition coefficient (Wildman–Crippen LogP) is 1.95. The molecule has 0 aromatic heterocycles. The number of rotatable bonds is 10. The fraction of sp³-hybridized carbons (Fsp3) is 0.474. The van der Waals surface area contributed by atoms with Gasteiger partial charge >= 0.3 is 24.1 Å². The first-order chi connectivity index (χ1) is 14.0. The zero-order valence-corrected chi connectivity index (χ0v) is 16.3. The number of carboxylic acids is 1. The quantitative estimate of drug-likeness (QED) is 0.542. The summed E-state index contributed by atoms with van der Waals surface area (Å²) >= 11 is 0. The first kappa shape index (κ1) is 24.9. The highest BCUT2D eigenvalue weighted by Gasteiger charge is 2.38. The van der Waals surface area contributed by atoms with Gasteiger partial charge in [-0.2, -0.15) is 13.2 Å². The fourth-order valence-corrected chi connectivity index (χ4v) is 2.59. The highest BCUT2D eigenvalue weighted by atomic mass is 19.4. The van der Waals surface area contributed by atoms with Crippen LogP contribution in [-0.4, -0.2) is 48.2 Å². The van der Waals surface area contributed by atoms with Crippen molar-refractivity contribution >= 4 is 23.8 Å². The predicted molar refractivity (Wildman–Crippen MR) is 96.1 cm³/mol. The van der Waals surface area contributed by atoms with Gasteiger partial charge in [-0.05, 0) is 25.5 Å². The van der Waals surface area contributed by atoms with Crippen molar-refractivity contribution in [3.8, 4) is 0 Å². The van der Waals surface area contributed by atoms with Crippen molar-refractivity contribution in [3.05, 3.63) is 35.4 Å². The third kappa shape index (κ3) is 7.72. The number of aliphatic carboxylic acids is 1. The Morgan fingerprint density at radius 2 is 1.73 bits per heavy atom. The summed E-state index contributed by atoms with van der Waals surface area (Å²) in [7, 11) is 0. The molecular weight excluding hydrogens is 411 g/mol. The van der Waals surface area contributed by atoms with Gasteiger partial charge in [0.05, 0.1) is 37.5 Å². The van der Waals surface area contributed by atoms with Crippen LogP contribution in [-0.2, 0) is 41.2 Å². The molecule has 0 aliphatic heterocycles. The van der Waals surface area contributed by atoms with Gasteiger partial charge in [-0.25, -0.2) is 4.79 Å². The summed E-state index contributed by atoms with van der Waals surface area (Å²) in [5, 5.41) is 11.5. The van der Waals surface area contributed by atoms with Gasteiger partial charge in [0.15, 0.2) is 0 Å². The van der Waals surface area contributed by atoms with Crippen LogP contribution < -0.4 is 5.32 Å². The molecule has 0 bridgehead atoms. The van der Waals surface area contributed by atoms with Gasteiger partial charge in [-0.1, -0.05) is 18.2 Å². The van der Waals surface area contributed by atoms with E-state index in [4.69, 9.17) is 9.47 Å². The van der Waals surface area contributed by atoms with E-state index in [0.717, 1.165) is 18.2 Å². The third-order valence-corrected chi connectivity index (χ3v) is 3.89. The van der Waals surface area contributed by atoms with Crippen LogP contribution in [0.25, 0.3) is 0 Å². The monoisotopic (exact) mass is 433 g/mol. The maximum atomic E-state index is 12.8. The molecule has 0 heterocycles. The van der Waals surface area contributed by atoms with Gasteiger partial charge in [0.2, 0.25) is 5.91 Å². The molecule has 2 atom stereocenters. The summed E-state index contributed by atoms with van der Waals surface area (Å²) in [5.41, 5.74) is -0.973. The number of hydrogen-bond acceptors (Lipinski definition) is 6. The average Bonchev–Trinajstić information content (AvgIpc) is 2.64. The summed E-state index contributed by atoms with van der Waals surface area (Å²) in [5.74, 6) is -6.03. The van der Waals surface area contributed by atoms with Crippen molar-refractivity contribution in [2.24, 2.45) is 5.92 Å². The molecule has 0 aliphatic carbocycles. The van der Waals surface area contributed by atoms with E-state index in [0.29, 0.717) is 0 Å². The van der Waals surface area contributed by atoms with Gasteiger partial charge in [-0.3, -0.25) is 14.4 Å². The minimum Gasteiger partial charge on any atom is -0.480 e. The van der Waals surface area contributed by atoms with E-state index in [9.17, 15) is 37.5 Å². The maximum Gasteiger partial charge on any atom is 0.416 e. The van der Waals surface area contributed by atoms with Crippen LogP contribution in [0.2, 0.25) is 0 Å². The van der Waals surface area contributed by atoms with Crippen LogP contribution in [0.3, 0.4) is 0 Å². The Hall–Kier alpha value is -3.11. The van der Waals surface area contributed by atoms with Gasteiger partial charge in [0, 0.05) is 0 Å². The number of ether oxygens (including phenoxy) is 2. The average molecular weight is 433 g/mol. The van der Waals surface area contributed by atoms with Crippen LogP contribution >= 0.6 is 0 Å². The SMILES string of the molecule is CCOC(=O)C[C@H](C(=O)OCC)[C@@H](NC(=O)Cc1cccc(C(F)(F)F)c1)C(=O)O. The maximum absolute atomic E-state index is 12.8. The summed E-state index contributed by atoms with van der Waals surface area (Å²) in [6, 6.07) is 2.13. The molecule has 1 rings (SSSR count). The molecule has 2 N–H and O–H groups in total. The van der Waals surface area contributed by atoms with Crippen molar-refractivity contribution in [2.75, 3.05) is 13.2 Å². The minimum absolute atomic E-state index is 0.00593. The number of amides is 1. The summed E-state index contributed by atoms with van der Waals surface area (Å²) < 4.78 is 47.9. The van der Waals surface area contributed by atoms with Crippen LogP contribution in [0.4, 0.5) is 13.2 Å². The number of hydrogen-bond donors (Lipinski definition) is 2. The van der Waals surface area contributed by atoms with Crippen molar-refractivity contribution in [1.29, 1.82) is 0 Å². The molecule has 0 saturated heterocycles. The molecule has 0 radical (unpaired) electrons. The van der Waals surface area contributed by atoms with E-state index < -0.39 is 60.4 Å². The Morgan fingerprint density at radius 1 is 1.10 bits per heavy atom. The molecule has 0 fully saturated rings. The molecule has 1 aromatic carbocycles. The van der Waals surface area contributed by atoms with Crippen LogP contribution in [0, 0.1) is 5.92 Å². The Kier molecular flexibility index (Phi) is 9.28. The first-order valence-electron chi connectivity index (χ1n) is 9.00. The number of nitrogens with one attached hydrogen (secondary N) is 1. The van der Waals surface area contributed by atoms with E-state index >= 15 is 0 Å². The van der Waals surface area contributed by atoms with E-state index in [1.807, 2.05) is 0 Å². The molecule has 0 spiro atoms. The van der Waals surface area contributed by atoms with Crippen molar-refractivity contribution in [1.82, 2.24) is 5.32 Å². The number of halogens is 3. The second kappa shape index (κ2) is 11.2. The van der Waals surface area contributed by atoms with Gasteiger partial charge in [-0.15, -0.1) is 0 Å². The lowest BCUT2D eigenvalue weighted by Gasteiger charge is -2.23. The second-order valence-electron chi connectivity index (χ2n) is 6.13. The van der Waals surface area contributed by atoms with E-state index in [1.54, 1.807) is 0 Å². The molecular formula is C19H22F3NO7. The van der Waals surface area contributed by atoms with E-state index in [2.05, 4.69) is 5.32 Å². The van der Waals surface area contributed by atoms with Crippen molar-refractivity contribution in [2.45, 2.75) is 38.9 Å². The number of carbonyl (C=O) groups is 4. The Labute approximate surface area is 170 Å². The molecule has 1 aromatic rings. The lowest BCUT2D eigenvalue weighted by Crippen LogP contribution is -2.50. The number of carboxylic acid groups (broad SMARTS) is 1. The molecule has 8 nitrogen and oxygen atoms in total. The van der Waals surface area contributed by atoms with Gasteiger partial charge < -0.3 is 19.9 Å². The van der Waals surface area contributed by atoms with Crippen LogP contribution in [0.5, 0.6) is 0 Å². The molecule has 166 valence electrons. The van der Waals surface area contributed by atoms with Crippen molar-refractivity contribution < 1.29 is 46.9 Å². The summed E-state index contributed by atoms with van der Waals surface area (Å²) in [4.78, 5) is 47.8. The zero-order chi connectivity index (χ0) is 22.9. The summed E-state index contributed by atoms with van der Waals surface area (Å²) in [6.45, 7) is 2.89. The van der Waals surface area contributed by atoms with Gasteiger partial charge in [0.25, 0.3) is 0 Å². The molecule has 0 unspecified atom stereocenters. The largest absolute Gasteiger partial charge is 0.480 e. The number of benzene rings is 1. The lowest BCUT2D eigenvalue weighted by atomic mass is 9.95. The van der Waals surface area contributed by atoms with Crippen LogP contribution in [0.15, 0.2) is 24.3 Å². The smallest absolute Gasteiger partial charge is 0.416 e. The first-order valence-corrected chi connectivity index (χ1v) is 9.00. The molecule has 0 saturated carbocycles. The highest BCUT2D eigenvalue weighted by molar-refractivity contribution is 5.91. The lowest BCUT2D eigenvalue weighted by molar-refractivity contribution is -0.160. The van der Waals surface area contributed by atoms with E-state index in [1.165, 1.54) is 19.9 Å². The molecule has 11 heteroatoms. The highest BCUT2D eigenvalue weighted by Crippen LogP contribution is 2.29. The second-order valence-corrected chi connectivity index (χ2v) is 6.13. The Morgan fingerprint density at radius 3 is 2.27 bits per heavy atom. The minimum atomic E-state index is -4.61. The van der Waals surface area contributed by atoms with Gasteiger partial charge in [0.1, 0.15) is 6.04 Å². The number of esters is 2. The fourth-order valence-electron chi connectivity index (χ4n) is 2.59.